The Morgan fingerprint density at radius 2 is 2.00 bits per heavy atom. The Morgan fingerprint density at radius 1 is 1.31 bits per heavy atom. The molecule has 0 bridgehead atoms. The first-order valence-electron chi connectivity index (χ1n) is 9.77. The molecule has 0 spiro atoms. The van der Waals surface area contributed by atoms with Gasteiger partial charge in [0.2, 0.25) is 5.91 Å². The fourth-order valence-corrected chi connectivity index (χ4v) is 2.73. The molecule has 26 heavy (non-hydrogen) atoms. The Hall–Kier alpha value is -1.34. The molecule has 2 N–H and O–H groups in total. The molecule has 1 aliphatic rings. The molecule has 0 aliphatic carbocycles. The predicted octanol–water partition coefficient (Wildman–Crippen LogP) is 1.63. The number of hydrogen-bond donors (Lipinski definition) is 2. The Morgan fingerprint density at radius 3 is 2.62 bits per heavy atom. The van der Waals surface area contributed by atoms with Crippen molar-refractivity contribution in [2.45, 2.75) is 52.5 Å². The maximum Gasteiger partial charge on any atom is 0.240 e. The number of carbonyl (C=O) groups is 1. The minimum atomic E-state index is -0.227. The third kappa shape index (κ3) is 10.6. The van der Waals surface area contributed by atoms with Gasteiger partial charge in [0.1, 0.15) is 0 Å². The van der Waals surface area contributed by atoms with Crippen LogP contribution in [-0.2, 0) is 14.3 Å². The SMILES string of the molecule is CCNC(=NCCCOCC1CCOCC1)N(C)CC(=O)NC(C)(C)C. The molecule has 0 atom stereocenters. The molecule has 1 saturated heterocycles. The van der Waals surface area contributed by atoms with Crippen LogP contribution in [0.25, 0.3) is 0 Å². The summed E-state index contributed by atoms with van der Waals surface area (Å²) in [7, 11) is 1.88. The van der Waals surface area contributed by atoms with Crippen LogP contribution in [0.4, 0.5) is 0 Å². The predicted molar refractivity (Wildman–Crippen MR) is 105 cm³/mol. The highest BCUT2D eigenvalue weighted by Crippen LogP contribution is 2.14. The summed E-state index contributed by atoms with van der Waals surface area (Å²) in [4.78, 5) is 18.5. The molecule has 0 unspecified atom stereocenters. The number of carbonyl (C=O) groups excluding carboxylic acids is 1. The first kappa shape index (κ1) is 22.7. The fourth-order valence-electron chi connectivity index (χ4n) is 2.73. The second-order valence-electron chi connectivity index (χ2n) is 7.87. The first-order chi connectivity index (χ1) is 12.3. The molecule has 1 aliphatic heterocycles. The zero-order chi connectivity index (χ0) is 19.4. The van der Waals surface area contributed by atoms with Gasteiger partial charge in [0, 0.05) is 52.1 Å². The largest absolute Gasteiger partial charge is 0.381 e. The van der Waals surface area contributed by atoms with E-state index in [1.807, 2.05) is 39.6 Å². The number of nitrogens with zero attached hydrogens (tertiary/aromatic N) is 2. The van der Waals surface area contributed by atoms with Crippen molar-refractivity contribution in [3.8, 4) is 0 Å². The monoisotopic (exact) mass is 370 g/mol. The van der Waals surface area contributed by atoms with E-state index in [0.717, 1.165) is 51.6 Å². The normalized spacial score (nSPS) is 16.4. The highest BCUT2D eigenvalue weighted by Gasteiger charge is 2.17. The number of guanidine groups is 1. The van der Waals surface area contributed by atoms with Crippen LogP contribution in [0.3, 0.4) is 0 Å². The minimum Gasteiger partial charge on any atom is -0.381 e. The summed E-state index contributed by atoms with van der Waals surface area (Å²) >= 11 is 0. The van der Waals surface area contributed by atoms with Crippen molar-refractivity contribution in [3.05, 3.63) is 0 Å². The van der Waals surface area contributed by atoms with Crippen LogP contribution in [0, 0.1) is 5.92 Å². The van der Waals surface area contributed by atoms with Crippen molar-refractivity contribution in [1.82, 2.24) is 15.5 Å². The molecule has 7 heteroatoms. The number of likely N-dealkylation sites (N-methyl/N-ethyl adjacent to an activating group) is 1. The van der Waals surface area contributed by atoms with Gasteiger partial charge in [-0.3, -0.25) is 9.79 Å². The highest BCUT2D eigenvalue weighted by molar-refractivity contribution is 5.86. The van der Waals surface area contributed by atoms with Crippen LogP contribution in [-0.4, -0.2) is 75.4 Å². The number of rotatable bonds is 9. The standard InChI is InChI=1S/C19H38N4O3/c1-6-20-18(23(5)14-17(24)22-19(2,3)4)21-10-7-11-26-15-16-8-12-25-13-9-16/h16H,6-15H2,1-5H3,(H,20,21)(H,22,24). The van der Waals surface area contributed by atoms with E-state index in [9.17, 15) is 4.79 Å². The number of aliphatic imine (C=N–C) groups is 1. The Kier molecular flexibility index (Phi) is 10.6. The van der Waals surface area contributed by atoms with E-state index in [1.165, 1.54) is 0 Å². The summed E-state index contributed by atoms with van der Waals surface area (Å²) in [6, 6.07) is 0. The van der Waals surface area contributed by atoms with E-state index in [0.29, 0.717) is 19.1 Å². The molecule has 1 amide bonds. The van der Waals surface area contributed by atoms with E-state index in [4.69, 9.17) is 9.47 Å². The van der Waals surface area contributed by atoms with Gasteiger partial charge >= 0.3 is 0 Å². The minimum absolute atomic E-state index is 0.00889. The molecular formula is C19H38N4O3. The summed E-state index contributed by atoms with van der Waals surface area (Å²) in [6.45, 7) is 12.9. The molecule has 0 aromatic heterocycles. The molecule has 152 valence electrons. The summed E-state index contributed by atoms with van der Waals surface area (Å²) in [5.74, 6) is 1.38. The van der Waals surface area contributed by atoms with Crippen LogP contribution in [0.15, 0.2) is 4.99 Å². The number of ether oxygens (including phenoxy) is 2. The molecule has 7 nitrogen and oxygen atoms in total. The lowest BCUT2D eigenvalue weighted by molar-refractivity contribution is -0.122. The second kappa shape index (κ2) is 12.1. The number of hydrogen-bond acceptors (Lipinski definition) is 4. The zero-order valence-corrected chi connectivity index (χ0v) is 17.3. The van der Waals surface area contributed by atoms with Crippen LogP contribution in [0.5, 0.6) is 0 Å². The molecule has 0 aromatic carbocycles. The second-order valence-corrected chi connectivity index (χ2v) is 7.87. The van der Waals surface area contributed by atoms with E-state index in [1.54, 1.807) is 0 Å². The Balaban J connectivity index is 2.29. The van der Waals surface area contributed by atoms with Crippen molar-refractivity contribution < 1.29 is 14.3 Å². The topological polar surface area (TPSA) is 75.2 Å². The van der Waals surface area contributed by atoms with E-state index >= 15 is 0 Å². The van der Waals surface area contributed by atoms with Gasteiger partial charge in [-0.15, -0.1) is 0 Å². The van der Waals surface area contributed by atoms with E-state index < -0.39 is 0 Å². The van der Waals surface area contributed by atoms with Gasteiger partial charge in [-0.2, -0.15) is 0 Å². The zero-order valence-electron chi connectivity index (χ0n) is 17.3. The fraction of sp³-hybridized carbons (Fsp3) is 0.895. The Labute approximate surface area is 158 Å². The van der Waals surface area contributed by atoms with Gasteiger partial charge in [0.05, 0.1) is 6.54 Å². The van der Waals surface area contributed by atoms with Crippen LogP contribution in [0.2, 0.25) is 0 Å². The first-order valence-corrected chi connectivity index (χ1v) is 9.77. The van der Waals surface area contributed by atoms with Crippen molar-refractivity contribution >= 4 is 11.9 Å². The smallest absolute Gasteiger partial charge is 0.240 e. The van der Waals surface area contributed by atoms with Gasteiger partial charge in [-0.25, -0.2) is 0 Å². The molecule has 1 fully saturated rings. The van der Waals surface area contributed by atoms with Gasteiger partial charge in [0.15, 0.2) is 5.96 Å². The molecule has 1 rings (SSSR count). The molecule has 0 aromatic rings. The van der Waals surface area contributed by atoms with E-state index in [-0.39, 0.29) is 18.0 Å². The lowest BCUT2D eigenvalue weighted by atomic mass is 10.0. The Bertz CT molecular complexity index is 429. The van der Waals surface area contributed by atoms with Gasteiger partial charge in [-0.05, 0) is 52.9 Å². The molecule has 0 saturated carbocycles. The lowest BCUT2D eigenvalue weighted by Crippen LogP contribution is -2.48. The van der Waals surface area contributed by atoms with Crippen LogP contribution >= 0.6 is 0 Å². The van der Waals surface area contributed by atoms with Crippen LogP contribution in [0.1, 0.15) is 47.0 Å². The van der Waals surface area contributed by atoms with Crippen molar-refractivity contribution in [1.29, 1.82) is 0 Å². The van der Waals surface area contributed by atoms with Gasteiger partial charge in [-0.1, -0.05) is 0 Å². The van der Waals surface area contributed by atoms with Gasteiger partial charge < -0.3 is 25.0 Å². The third-order valence-corrected chi connectivity index (χ3v) is 3.99. The average Bonchev–Trinajstić information content (AvgIpc) is 2.56. The quantitative estimate of drug-likeness (QED) is 0.367. The average molecular weight is 371 g/mol. The third-order valence-electron chi connectivity index (χ3n) is 3.99. The highest BCUT2D eigenvalue weighted by atomic mass is 16.5. The maximum absolute atomic E-state index is 12.1. The van der Waals surface area contributed by atoms with Gasteiger partial charge in [0.25, 0.3) is 0 Å². The molecule has 1 heterocycles. The summed E-state index contributed by atoms with van der Waals surface area (Å²) < 4.78 is 11.1. The summed E-state index contributed by atoms with van der Waals surface area (Å²) in [5.41, 5.74) is -0.227. The number of nitrogens with one attached hydrogen (secondary N) is 2. The van der Waals surface area contributed by atoms with Crippen molar-refractivity contribution in [2.75, 3.05) is 53.1 Å². The van der Waals surface area contributed by atoms with Crippen LogP contribution < -0.4 is 10.6 Å². The summed E-state index contributed by atoms with van der Waals surface area (Å²) in [6.07, 6.45) is 3.08. The number of amides is 1. The molecular weight excluding hydrogens is 332 g/mol. The van der Waals surface area contributed by atoms with E-state index in [2.05, 4.69) is 15.6 Å². The maximum atomic E-state index is 12.1. The molecule has 0 radical (unpaired) electrons. The lowest BCUT2D eigenvalue weighted by Gasteiger charge is -2.25. The van der Waals surface area contributed by atoms with Crippen molar-refractivity contribution in [3.63, 3.8) is 0 Å². The summed E-state index contributed by atoms with van der Waals surface area (Å²) in [5, 5.41) is 6.20. The van der Waals surface area contributed by atoms with Crippen molar-refractivity contribution in [2.24, 2.45) is 10.9 Å².